The molecule has 0 aliphatic carbocycles. The molecule has 1 aliphatic rings. The van der Waals surface area contributed by atoms with Gasteiger partial charge < -0.3 is 4.74 Å². The summed E-state index contributed by atoms with van der Waals surface area (Å²) in [6.45, 7) is 5.48. The standard InChI is InChI=1S/C8H15F2NO/c1-8(2)6-11(3-4-12-8)5-7(9)10/h7H,3-6H2,1-2H3. The summed E-state index contributed by atoms with van der Waals surface area (Å²) in [5, 5.41) is 0. The van der Waals surface area contributed by atoms with Gasteiger partial charge in [0.15, 0.2) is 0 Å². The molecule has 0 aromatic heterocycles. The monoisotopic (exact) mass is 179 g/mol. The van der Waals surface area contributed by atoms with Crippen LogP contribution < -0.4 is 0 Å². The van der Waals surface area contributed by atoms with Gasteiger partial charge in [-0.15, -0.1) is 0 Å². The molecule has 0 spiro atoms. The van der Waals surface area contributed by atoms with Crippen LogP contribution in [0.15, 0.2) is 0 Å². The lowest BCUT2D eigenvalue weighted by Crippen LogP contribution is -2.49. The van der Waals surface area contributed by atoms with E-state index in [0.29, 0.717) is 19.7 Å². The zero-order valence-corrected chi connectivity index (χ0v) is 7.52. The van der Waals surface area contributed by atoms with Gasteiger partial charge in [0.25, 0.3) is 6.43 Å². The van der Waals surface area contributed by atoms with Crippen molar-refractivity contribution < 1.29 is 13.5 Å². The fourth-order valence-corrected chi connectivity index (χ4v) is 1.47. The van der Waals surface area contributed by atoms with Crippen molar-refractivity contribution in [2.24, 2.45) is 0 Å². The van der Waals surface area contributed by atoms with Gasteiger partial charge in [-0.3, -0.25) is 4.90 Å². The summed E-state index contributed by atoms with van der Waals surface area (Å²) in [5.41, 5.74) is -0.271. The number of ether oxygens (including phenoxy) is 1. The van der Waals surface area contributed by atoms with Crippen molar-refractivity contribution in [3.8, 4) is 0 Å². The predicted molar refractivity (Wildman–Crippen MR) is 42.5 cm³/mol. The molecule has 0 unspecified atom stereocenters. The van der Waals surface area contributed by atoms with E-state index in [0.717, 1.165) is 0 Å². The fraction of sp³-hybridized carbons (Fsp3) is 1.00. The quantitative estimate of drug-likeness (QED) is 0.634. The molecular formula is C8H15F2NO. The van der Waals surface area contributed by atoms with E-state index in [9.17, 15) is 8.78 Å². The molecule has 1 fully saturated rings. The van der Waals surface area contributed by atoms with Crippen LogP contribution in [-0.4, -0.2) is 43.2 Å². The van der Waals surface area contributed by atoms with Gasteiger partial charge in [-0.05, 0) is 13.8 Å². The summed E-state index contributed by atoms with van der Waals surface area (Å²) in [6.07, 6.45) is -2.24. The normalized spacial score (nSPS) is 24.8. The molecule has 2 nitrogen and oxygen atoms in total. The van der Waals surface area contributed by atoms with Crippen LogP contribution in [0.5, 0.6) is 0 Å². The Morgan fingerprint density at radius 3 is 2.67 bits per heavy atom. The van der Waals surface area contributed by atoms with Gasteiger partial charge in [0.05, 0.1) is 18.8 Å². The Morgan fingerprint density at radius 2 is 2.17 bits per heavy atom. The highest BCUT2D eigenvalue weighted by Gasteiger charge is 2.28. The molecule has 12 heavy (non-hydrogen) atoms. The van der Waals surface area contributed by atoms with E-state index in [1.54, 1.807) is 4.90 Å². The molecule has 0 radical (unpaired) electrons. The summed E-state index contributed by atoms with van der Waals surface area (Å²) in [7, 11) is 0. The minimum absolute atomic E-state index is 0.132. The van der Waals surface area contributed by atoms with E-state index in [-0.39, 0.29) is 12.1 Å². The van der Waals surface area contributed by atoms with E-state index in [2.05, 4.69) is 0 Å². The van der Waals surface area contributed by atoms with Gasteiger partial charge in [0.2, 0.25) is 0 Å². The molecule has 1 heterocycles. The van der Waals surface area contributed by atoms with Crippen LogP contribution in [0.4, 0.5) is 8.78 Å². The SMILES string of the molecule is CC1(C)CN(CC(F)F)CCO1. The number of hydrogen-bond acceptors (Lipinski definition) is 2. The molecule has 0 saturated carbocycles. The molecular weight excluding hydrogens is 164 g/mol. The third-order valence-electron chi connectivity index (χ3n) is 1.90. The van der Waals surface area contributed by atoms with Crippen molar-refractivity contribution in [3.05, 3.63) is 0 Å². The Labute approximate surface area is 71.5 Å². The maximum Gasteiger partial charge on any atom is 0.251 e. The van der Waals surface area contributed by atoms with E-state index >= 15 is 0 Å². The lowest BCUT2D eigenvalue weighted by Gasteiger charge is -2.37. The van der Waals surface area contributed by atoms with Crippen LogP contribution in [0.1, 0.15) is 13.8 Å². The van der Waals surface area contributed by atoms with Gasteiger partial charge in [-0.25, -0.2) is 8.78 Å². The lowest BCUT2D eigenvalue weighted by atomic mass is 10.1. The minimum atomic E-state index is -2.24. The number of nitrogens with zero attached hydrogens (tertiary/aromatic N) is 1. The molecule has 0 atom stereocenters. The molecule has 0 aromatic rings. The number of alkyl halides is 2. The van der Waals surface area contributed by atoms with Crippen LogP contribution in [0.25, 0.3) is 0 Å². The first-order valence-corrected chi connectivity index (χ1v) is 4.14. The second kappa shape index (κ2) is 3.66. The molecule has 0 aromatic carbocycles. The van der Waals surface area contributed by atoms with Crippen LogP contribution in [0, 0.1) is 0 Å². The summed E-state index contributed by atoms with van der Waals surface area (Å²) in [5.74, 6) is 0. The van der Waals surface area contributed by atoms with Gasteiger partial charge in [-0.1, -0.05) is 0 Å². The zero-order chi connectivity index (χ0) is 9.19. The fourth-order valence-electron chi connectivity index (χ4n) is 1.47. The Kier molecular flexibility index (Phi) is 3.01. The van der Waals surface area contributed by atoms with E-state index < -0.39 is 6.43 Å². The Morgan fingerprint density at radius 1 is 1.50 bits per heavy atom. The summed E-state index contributed by atoms with van der Waals surface area (Å²) in [4.78, 5) is 1.74. The first-order valence-electron chi connectivity index (χ1n) is 4.14. The predicted octanol–water partition coefficient (Wildman–Crippen LogP) is 1.36. The Bertz CT molecular complexity index is 150. The second-order valence-electron chi connectivity index (χ2n) is 3.73. The highest BCUT2D eigenvalue weighted by atomic mass is 19.3. The minimum Gasteiger partial charge on any atom is -0.373 e. The van der Waals surface area contributed by atoms with Crippen LogP contribution in [0.3, 0.4) is 0 Å². The molecule has 1 aliphatic heterocycles. The zero-order valence-electron chi connectivity index (χ0n) is 7.52. The molecule has 0 amide bonds. The van der Waals surface area contributed by atoms with Gasteiger partial charge in [0, 0.05) is 13.1 Å². The summed E-state index contributed by atoms with van der Waals surface area (Å²) < 4.78 is 29.4. The average Bonchev–Trinajstić information content (AvgIpc) is 1.82. The van der Waals surface area contributed by atoms with Crippen molar-refractivity contribution in [2.45, 2.75) is 25.9 Å². The molecule has 1 rings (SSSR count). The number of morpholine rings is 1. The number of rotatable bonds is 2. The van der Waals surface area contributed by atoms with Crippen LogP contribution in [-0.2, 0) is 4.74 Å². The van der Waals surface area contributed by atoms with Crippen molar-refractivity contribution in [1.82, 2.24) is 4.90 Å². The van der Waals surface area contributed by atoms with E-state index in [1.807, 2.05) is 13.8 Å². The van der Waals surface area contributed by atoms with E-state index in [4.69, 9.17) is 4.74 Å². The number of halogens is 2. The largest absolute Gasteiger partial charge is 0.373 e. The first kappa shape index (κ1) is 9.86. The average molecular weight is 179 g/mol. The van der Waals surface area contributed by atoms with Crippen molar-refractivity contribution >= 4 is 0 Å². The van der Waals surface area contributed by atoms with Crippen LogP contribution in [0.2, 0.25) is 0 Å². The van der Waals surface area contributed by atoms with Gasteiger partial charge >= 0.3 is 0 Å². The van der Waals surface area contributed by atoms with E-state index in [1.165, 1.54) is 0 Å². The highest BCUT2D eigenvalue weighted by Crippen LogP contribution is 2.16. The smallest absolute Gasteiger partial charge is 0.251 e. The Hall–Kier alpha value is -0.220. The third kappa shape index (κ3) is 3.03. The first-order chi connectivity index (χ1) is 5.49. The third-order valence-corrected chi connectivity index (χ3v) is 1.90. The maximum absolute atomic E-state index is 12.0. The van der Waals surface area contributed by atoms with Crippen molar-refractivity contribution in [2.75, 3.05) is 26.2 Å². The van der Waals surface area contributed by atoms with Gasteiger partial charge in [0.1, 0.15) is 0 Å². The highest BCUT2D eigenvalue weighted by molar-refractivity contribution is 4.79. The molecule has 1 saturated heterocycles. The number of hydrogen-bond donors (Lipinski definition) is 0. The van der Waals surface area contributed by atoms with Crippen LogP contribution >= 0.6 is 0 Å². The molecule has 4 heteroatoms. The Balaban J connectivity index is 2.36. The lowest BCUT2D eigenvalue weighted by molar-refractivity contribution is -0.0953. The molecule has 0 N–H and O–H groups in total. The molecule has 72 valence electrons. The summed E-state index contributed by atoms with van der Waals surface area (Å²) in [6, 6.07) is 0. The second-order valence-corrected chi connectivity index (χ2v) is 3.73. The van der Waals surface area contributed by atoms with Crippen molar-refractivity contribution in [3.63, 3.8) is 0 Å². The van der Waals surface area contributed by atoms with Gasteiger partial charge in [-0.2, -0.15) is 0 Å². The van der Waals surface area contributed by atoms with Crippen molar-refractivity contribution in [1.29, 1.82) is 0 Å². The topological polar surface area (TPSA) is 12.5 Å². The maximum atomic E-state index is 12.0. The molecule has 0 bridgehead atoms. The summed E-state index contributed by atoms with van der Waals surface area (Å²) >= 11 is 0.